The van der Waals surface area contributed by atoms with Crippen molar-refractivity contribution < 1.29 is 9.59 Å². The SMILES string of the molecule is Cc1ccc(C2=CCN(CC(=O)N3CCNC(=O)C3)CC2)cc1. The van der Waals surface area contributed by atoms with Gasteiger partial charge in [0.05, 0.1) is 13.1 Å². The van der Waals surface area contributed by atoms with Gasteiger partial charge in [0.15, 0.2) is 0 Å². The average molecular weight is 313 g/mol. The molecule has 0 atom stereocenters. The fourth-order valence-electron chi connectivity index (χ4n) is 3.03. The molecule has 1 saturated heterocycles. The van der Waals surface area contributed by atoms with E-state index in [-0.39, 0.29) is 18.4 Å². The molecule has 0 radical (unpaired) electrons. The number of hydrogen-bond acceptors (Lipinski definition) is 3. The summed E-state index contributed by atoms with van der Waals surface area (Å²) in [4.78, 5) is 27.4. The van der Waals surface area contributed by atoms with Gasteiger partial charge in [-0.2, -0.15) is 0 Å². The number of hydrogen-bond donors (Lipinski definition) is 1. The third kappa shape index (κ3) is 3.99. The zero-order valence-corrected chi connectivity index (χ0v) is 13.5. The van der Waals surface area contributed by atoms with Gasteiger partial charge in [-0.3, -0.25) is 14.5 Å². The second kappa shape index (κ2) is 6.96. The van der Waals surface area contributed by atoms with E-state index in [1.54, 1.807) is 4.90 Å². The molecule has 0 saturated carbocycles. The monoisotopic (exact) mass is 313 g/mol. The van der Waals surface area contributed by atoms with Crippen LogP contribution in [0.3, 0.4) is 0 Å². The van der Waals surface area contributed by atoms with Crippen molar-refractivity contribution >= 4 is 17.4 Å². The van der Waals surface area contributed by atoms with E-state index in [1.165, 1.54) is 16.7 Å². The third-order valence-corrected chi connectivity index (χ3v) is 4.47. The van der Waals surface area contributed by atoms with Crippen LogP contribution >= 0.6 is 0 Å². The summed E-state index contributed by atoms with van der Waals surface area (Å²) in [6.07, 6.45) is 3.17. The number of nitrogens with one attached hydrogen (secondary N) is 1. The van der Waals surface area contributed by atoms with Gasteiger partial charge < -0.3 is 10.2 Å². The Morgan fingerprint density at radius 2 is 2.00 bits per heavy atom. The predicted octanol–water partition coefficient (Wildman–Crippen LogP) is 1.04. The summed E-state index contributed by atoms with van der Waals surface area (Å²) in [5.41, 5.74) is 3.89. The van der Waals surface area contributed by atoms with Crippen molar-refractivity contribution in [2.45, 2.75) is 13.3 Å². The molecular formula is C18H23N3O2. The molecule has 5 nitrogen and oxygen atoms in total. The molecule has 1 N–H and O–H groups in total. The lowest BCUT2D eigenvalue weighted by Gasteiger charge is -2.31. The van der Waals surface area contributed by atoms with Crippen molar-refractivity contribution in [3.05, 3.63) is 41.5 Å². The Labute approximate surface area is 137 Å². The van der Waals surface area contributed by atoms with E-state index in [1.807, 2.05) is 0 Å². The molecule has 23 heavy (non-hydrogen) atoms. The van der Waals surface area contributed by atoms with Crippen LogP contribution in [0.25, 0.3) is 5.57 Å². The highest BCUT2D eigenvalue weighted by molar-refractivity contribution is 5.86. The molecule has 1 fully saturated rings. The number of nitrogens with zero attached hydrogens (tertiary/aromatic N) is 2. The Morgan fingerprint density at radius 1 is 1.22 bits per heavy atom. The lowest BCUT2D eigenvalue weighted by atomic mass is 9.98. The molecule has 2 heterocycles. The van der Waals surface area contributed by atoms with Crippen LogP contribution in [-0.2, 0) is 9.59 Å². The molecule has 2 aliphatic heterocycles. The Balaban J connectivity index is 1.55. The van der Waals surface area contributed by atoms with Crippen molar-refractivity contribution in [2.24, 2.45) is 0 Å². The molecule has 3 rings (SSSR count). The summed E-state index contributed by atoms with van der Waals surface area (Å²) in [5.74, 6) is -0.0168. The van der Waals surface area contributed by atoms with Crippen molar-refractivity contribution in [1.82, 2.24) is 15.1 Å². The Bertz CT molecular complexity index is 622. The van der Waals surface area contributed by atoms with Crippen LogP contribution in [0.15, 0.2) is 30.3 Å². The molecule has 1 aromatic rings. The zero-order chi connectivity index (χ0) is 16.2. The van der Waals surface area contributed by atoms with Gasteiger partial charge in [0.2, 0.25) is 11.8 Å². The van der Waals surface area contributed by atoms with E-state index in [9.17, 15) is 9.59 Å². The van der Waals surface area contributed by atoms with E-state index in [0.717, 1.165) is 19.5 Å². The van der Waals surface area contributed by atoms with Crippen molar-refractivity contribution in [2.75, 3.05) is 39.3 Å². The maximum Gasteiger partial charge on any atom is 0.239 e. The molecule has 0 aliphatic carbocycles. The molecule has 0 bridgehead atoms. The van der Waals surface area contributed by atoms with Crippen molar-refractivity contribution in [1.29, 1.82) is 0 Å². The number of benzene rings is 1. The lowest BCUT2D eigenvalue weighted by molar-refractivity contribution is -0.139. The van der Waals surface area contributed by atoms with E-state index in [2.05, 4.69) is 47.5 Å². The van der Waals surface area contributed by atoms with Crippen LogP contribution < -0.4 is 5.32 Å². The van der Waals surface area contributed by atoms with Crippen molar-refractivity contribution in [3.63, 3.8) is 0 Å². The number of amides is 2. The summed E-state index contributed by atoms with van der Waals surface area (Å²) in [5, 5.41) is 2.74. The van der Waals surface area contributed by atoms with Gasteiger partial charge in [0, 0.05) is 26.2 Å². The van der Waals surface area contributed by atoms with Gasteiger partial charge in [0.25, 0.3) is 0 Å². The minimum absolute atomic E-state index is 0.0482. The number of carbonyl (C=O) groups is 2. The van der Waals surface area contributed by atoms with Gasteiger partial charge in [0.1, 0.15) is 0 Å². The summed E-state index contributed by atoms with van der Waals surface area (Å²) < 4.78 is 0. The lowest BCUT2D eigenvalue weighted by Crippen LogP contribution is -2.52. The summed E-state index contributed by atoms with van der Waals surface area (Å²) in [6, 6.07) is 8.59. The molecule has 0 spiro atoms. The van der Waals surface area contributed by atoms with Gasteiger partial charge in [-0.05, 0) is 24.5 Å². The Kier molecular flexibility index (Phi) is 4.76. The first kappa shape index (κ1) is 15.7. The quantitative estimate of drug-likeness (QED) is 0.907. The molecule has 0 unspecified atom stereocenters. The van der Waals surface area contributed by atoms with Crippen LogP contribution in [0.1, 0.15) is 17.5 Å². The zero-order valence-electron chi connectivity index (χ0n) is 13.5. The van der Waals surface area contributed by atoms with Crippen LogP contribution in [-0.4, -0.2) is 60.9 Å². The Morgan fingerprint density at radius 3 is 2.65 bits per heavy atom. The van der Waals surface area contributed by atoms with E-state index < -0.39 is 0 Å². The summed E-state index contributed by atoms with van der Waals surface area (Å²) >= 11 is 0. The predicted molar refractivity (Wildman–Crippen MR) is 89.8 cm³/mol. The fraction of sp³-hybridized carbons (Fsp3) is 0.444. The maximum absolute atomic E-state index is 12.3. The normalized spacial score (nSPS) is 19.3. The highest BCUT2D eigenvalue weighted by atomic mass is 16.2. The molecule has 1 aromatic carbocycles. The van der Waals surface area contributed by atoms with Gasteiger partial charge in [-0.1, -0.05) is 35.9 Å². The average Bonchev–Trinajstić information content (AvgIpc) is 2.56. The second-order valence-corrected chi connectivity index (χ2v) is 6.25. The van der Waals surface area contributed by atoms with Crippen LogP contribution in [0, 0.1) is 6.92 Å². The van der Waals surface area contributed by atoms with Gasteiger partial charge >= 0.3 is 0 Å². The minimum atomic E-state index is -0.0650. The van der Waals surface area contributed by atoms with Crippen LogP contribution in [0.2, 0.25) is 0 Å². The number of aryl methyl sites for hydroxylation is 1. The molecular weight excluding hydrogens is 290 g/mol. The van der Waals surface area contributed by atoms with Crippen molar-refractivity contribution in [3.8, 4) is 0 Å². The molecule has 5 heteroatoms. The van der Waals surface area contributed by atoms with Gasteiger partial charge in [-0.25, -0.2) is 0 Å². The number of carbonyl (C=O) groups excluding carboxylic acids is 2. The highest BCUT2D eigenvalue weighted by Crippen LogP contribution is 2.22. The standard InChI is InChI=1S/C18H23N3O2/c1-14-2-4-15(5-3-14)16-6-9-20(10-7-16)13-18(23)21-11-8-19-17(22)12-21/h2-6H,7-13H2,1H3,(H,19,22). The maximum atomic E-state index is 12.3. The fourth-order valence-corrected chi connectivity index (χ4v) is 3.03. The smallest absolute Gasteiger partial charge is 0.239 e. The molecule has 0 aromatic heterocycles. The topological polar surface area (TPSA) is 52.7 Å². The Hall–Kier alpha value is -2.14. The van der Waals surface area contributed by atoms with E-state index >= 15 is 0 Å². The number of rotatable bonds is 3. The first-order chi connectivity index (χ1) is 11.1. The van der Waals surface area contributed by atoms with E-state index in [0.29, 0.717) is 19.6 Å². The second-order valence-electron chi connectivity index (χ2n) is 6.25. The molecule has 2 aliphatic rings. The van der Waals surface area contributed by atoms with Crippen LogP contribution in [0.5, 0.6) is 0 Å². The number of piperazine rings is 1. The first-order valence-electron chi connectivity index (χ1n) is 8.15. The summed E-state index contributed by atoms with van der Waals surface area (Å²) in [6.45, 7) is 5.51. The van der Waals surface area contributed by atoms with E-state index in [4.69, 9.17) is 0 Å². The first-order valence-corrected chi connectivity index (χ1v) is 8.15. The molecule has 2 amide bonds. The van der Waals surface area contributed by atoms with Gasteiger partial charge in [-0.15, -0.1) is 0 Å². The largest absolute Gasteiger partial charge is 0.353 e. The summed E-state index contributed by atoms with van der Waals surface area (Å²) in [7, 11) is 0. The molecule has 122 valence electrons. The minimum Gasteiger partial charge on any atom is -0.353 e. The van der Waals surface area contributed by atoms with Crippen LogP contribution in [0.4, 0.5) is 0 Å². The third-order valence-electron chi connectivity index (χ3n) is 4.47. The highest BCUT2D eigenvalue weighted by Gasteiger charge is 2.23.